The van der Waals surface area contributed by atoms with Gasteiger partial charge in [0.2, 0.25) is 0 Å². The van der Waals surface area contributed by atoms with Crippen LogP contribution in [0, 0.1) is 5.53 Å². The Morgan fingerprint density at radius 2 is 1.57 bits per heavy atom. The number of alkyl halides is 3. The molecule has 1 aromatic heterocycles. The number of halogens is 3. The summed E-state index contributed by atoms with van der Waals surface area (Å²) in [5, 5.41) is 14.3. The molecule has 0 amide bonds. The molecular formula is C23H16F3N3O. The molecule has 0 saturated heterocycles. The number of aromatic nitrogens is 1. The minimum absolute atomic E-state index is 0.0540. The second-order valence-corrected chi connectivity index (χ2v) is 6.74. The highest BCUT2D eigenvalue weighted by Crippen LogP contribution is 2.43. The van der Waals surface area contributed by atoms with E-state index in [-0.39, 0.29) is 11.3 Å². The van der Waals surface area contributed by atoms with Crippen molar-refractivity contribution in [1.29, 1.82) is 5.53 Å². The van der Waals surface area contributed by atoms with Crippen LogP contribution in [0.1, 0.15) is 22.7 Å². The number of nitrogens with one attached hydrogen (secondary N) is 1. The first-order chi connectivity index (χ1) is 14.4. The van der Waals surface area contributed by atoms with Crippen LogP contribution in [0.2, 0.25) is 0 Å². The summed E-state index contributed by atoms with van der Waals surface area (Å²) in [5.41, 5.74) is 8.72. The molecule has 0 fully saturated rings. The summed E-state index contributed by atoms with van der Waals surface area (Å²) in [6, 6.07) is 18.4. The normalized spacial score (nSPS) is 12.6. The summed E-state index contributed by atoms with van der Waals surface area (Å²) >= 11 is 0. The predicted molar refractivity (Wildman–Crippen MR) is 107 cm³/mol. The number of nitrogens with zero attached hydrogens (tertiary/aromatic N) is 2. The van der Waals surface area contributed by atoms with E-state index in [2.05, 4.69) is 10.1 Å². The molecule has 1 atom stereocenters. The Labute approximate surface area is 170 Å². The molecule has 4 aromatic rings. The average molecular weight is 407 g/mol. The maximum absolute atomic E-state index is 13.6. The van der Waals surface area contributed by atoms with Gasteiger partial charge in [-0.25, -0.2) is 5.53 Å². The lowest BCUT2D eigenvalue weighted by Crippen LogP contribution is -2.08. The van der Waals surface area contributed by atoms with Crippen molar-refractivity contribution < 1.29 is 18.3 Å². The summed E-state index contributed by atoms with van der Waals surface area (Å²) in [6.07, 6.45) is -3.24. The Bertz CT molecular complexity index is 1220. The van der Waals surface area contributed by atoms with Gasteiger partial charge >= 0.3 is 6.18 Å². The lowest BCUT2D eigenvalue weighted by atomic mass is 9.89. The van der Waals surface area contributed by atoms with Gasteiger partial charge in [0, 0.05) is 22.7 Å². The number of benzene rings is 3. The first-order valence-electron chi connectivity index (χ1n) is 9.10. The van der Waals surface area contributed by atoms with Crippen molar-refractivity contribution in [2.75, 3.05) is 0 Å². The van der Waals surface area contributed by atoms with Crippen LogP contribution < -0.4 is 0 Å². The molecule has 1 unspecified atom stereocenters. The third kappa shape index (κ3) is 3.39. The van der Waals surface area contributed by atoms with Crippen molar-refractivity contribution in [3.8, 4) is 16.9 Å². The summed E-state index contributed by atoms with van der Waals surface area (Å²) in [7, 11) is 0. The SMILES string of the molecule is N=NC(c1ccccc1O)c1cnc2c(C(F)(F)F)cccc2c1-c1ccccc1. The van der Waals surface area contributed by atoms with Gasteiger partial charge in [0.1, 0.15) is 11.8 Å². The highest BCUT2D eigenvalue weighted by atomic mass is 19.4. The zero-order valence-electron chi connectivity index (χ0n) is 15.6. The van der Waals surface area contributed by atoms with Gasteiger partial charge in [-0.1, -0.05) is 60.7 Å². The smallest absolute Gasteiger partial charge is 0.418 e. The van der Waals surface area contributed by atoms with Crippen molar-refractivity contribution in [3.63, 3.8) is 0 Å². The second-order valence-electron chi connectivity index (χ2n) is 6.74. The molecule has 1 heterocycles. The number of phenolic OH excluding ortho intramolecular Hbond substituents is 1. The second kappa shape index (κ2) is 7.59. The van der Waals surface area contributed by atoms with E-state index in [1.54, 1.807) is 48.5 Å². The fraction of sp³-hybridized carbons (Fsp3) is 0.0870. The third-order valence-corrected chi connectivity index (χ3v) is 4.95. The standard InChI is InChI=1S/C23H16F3N3O/c24-23(25,26)18-11-6-10-16-20(14-7-2-1-3-8-14)17(13-28-22(16)18)21(29-27)15-9-4-5-12-19(15)30/h1-13,21,27,30H. The van der Waals surface area contributed by atoms with Crippen LogP contribution in [0.15, 0.2) is 84.1 Å². The number of phenols is 1. The molecule has 150 valence electrons. The van der Waals surface area contributed by atoms with E-state index in [1.165, 1.54) is 18.3 Å². The van der Waals surface area contributed by atoms with Crippen LogP contribution in [0.5, 0.6) is 5.75 Å². The molecule has 7 heteroatoms. The van der Waals surface area contributed by atoms with Crippen LogP contribution in [0.25, 0.3) is 22.0 Å². The average Bonchev–Trinajstić information content (AvgIpc) is 2.74. The molecule has 0 aliphatic rings. The van der Waals surface area contributed by atoms with Crippen LogP contribution >= 0.6 is 0 Å². The predicted octanol–water partition coefficient (Wildman–Crippen LogP) is 6.75. The summed E-state index contributed by atoms with van der Waals surface area (Å²) in [4.78, 5) is 4.11. The third-order valence-electron chi connectivity index (χ3n) is 4.95. The van der Waals surface area contributed by atoms with Gasteiger partial charge in [-0.3, -0.25) is 4.98 Å². The molecule has 3 aromatic carbocycles. The maximum Gasteiger partial charge on any atom is 0.418 e. The molecule has 0 saturated carbocycles. The minimum atomic E-state index is -4.56. The molecule has 0 radical (unpaired) electrons. The minimum Gasteiger partial charge on any atom is -0.508 e. The van der Waals surface area contributed by atoms with Crippen molar-refractivity contribution in [2.24, 2.45) is 5.11 Å². The van der Waals surface area contributed by atoms with E-state index in [0.29, 0.717) is 27.6 Å². The van der Waals surface area contributed by atoms with E-state index in [4.69, 9.17) is 5.53 Å². The number of rotatable bonds is 4. The molecular weight excluding hydrogens is 391 g/mol. The number of hydrogen-bond acceptors (Lipinski definition) is 4. The van der Waals surface area contributed by atoms with Crippen LogP contribution in [-0.2, 0) is 6.18 Å². The van der Waals surface area contributed by atoms with E-state index in [1.807, 2.05) is 6.07 Å². The van der Waals surface area contributed by atoms with E-state index in [9.17, 15) is 18.3 Å². The van der Waals surface area contributed by atoms with E-state index in [0.717, 1.165) is 6.07 Å². The Hall–Kier alpha value is -3.74. The van der Waals surface area contributed by atoms with Crippen LogP contribution in [-0.4, -0.2) is 10.1 Å². The van der Waals surface area contributed by atoms with Gasteiger partial charge in [-0.05, 0) is 23.3 Å². The first-order valence-corrected chi connectivity index (χ1v) is 9.10. The van der Waals surface area contributed by atoms with E-state index >= 15 is 0 Å². The molecule has 0 aliphatic heterocycles. The zero-order valence-corrected chi connectivity index (χ0v) is 15.6. The number of aromatic hydroxyl groups is 1. The number of hydrogen-bond donors (Lipinski definition) is 2. The molecule has 0 spiro atoms. The molecule has 30 heavy (non-hydrogen) atoms. The lowest BCUT2D eigenvalue weighted by molar-refractivity contribution is -0.136. The number of pyridine rings is 1. The Kier molecular flexibility index (Phi) is 4.95. The quantitative estimate of drug-likeness (QED) is 0.368. The Morgan fingerprint density at radius 1 is 0.867 bits per heavy atom. The fourth-order valence-electron chi connectivity index (χ4n) is 3.63. The molecule has 4 rings (SSSR count). The lowest BCUT2D eigenvalue weighted by Gasteiger charge is -2.20. The topological polar surface area (TPSA) is 69.3 Å². The number of para-hydroxylation sites is 2. The Balaban J connectivity index is 2.08. The van der Waals surface area contributed by atoms with Crippen molar-refractivity contribution in [1.82, 2.24) is 4.98 Å². The van der Waals surface area contributed by atoms with E-state index < -0.39 is 17.8 Å². The van der Waals surface area contributed by atoms with Crippen molar-refractivity contribution >= 4 is 10.9 Å². The van der Waals surface area contributed by atoms with Gasteiger partial charge in [-0.15, -0.1) is 0 Å². The van der Waals surface area contributed by atoms with Crippen molar-refractivity contribution in [3.05, 3.63) is 95.7 Å². The molecule has 4 nitrogen and oxygen atoms in total. The first kappa shape index (κ1) is 19.6. The highest BCUT2D eigenvalue weighted by molar-refractivity contribution is 5.98. The van der Waals surface area contributed by atoms with Crippen LogP contribution in [0.4, 0.5) is 13.2 Å². The van der Waals surface area contributed by atoms with Crippen LogP contribution in [0.3, 0.4) is 0 Å². The number of fused-ring (bicyclic) bond motifs is 1. The summed E-state index contributed by atoms with van der Waals surface area (Å²) in [5.74, 6) is -0.0540. The largest absolute Gasteiger partial charge is 0.508 e. The molecule has 2 N–H and O–H groups in total. The molecule has 0 aliphatic carbocycles. The molecule has 0 bridgehead atoms. The fourth-order valence-corrected chi connectivity index (χ4v) is 3.63. The highest BCUT2D eigenvalue weighted by Gasteiger charge is 2.34. The van der Waals surface area contributed by atoms with Gasteiger partial charge < -0.3 is 5.11 Å². The van der Waals surface area contributed by atoms with Gasteiger partial charge in [0.25, 0.3) is 0 Å². The zero-order chi connectivity index (χ0) is 21.3. The monoisotopic (exact) mass is 407 g/mol. The Morgan fingerprint density at radius 3 is 2.23 bits per heavy atom. The van der Waals surface area contributed by atoms with Gasteiger partial charge in [0.05, 0.1) is 11.1 Å². The summed E-state index contributed by atoms with van der Waals surface area (Å²) in [6.45, 7) is 0. The maximum atomic E-state index is 13.6. The summed E-state index contributed by atoms with van der Waals surface area (Å²) < 4.78 is 40.7. The van der Waals surface area contributed by atoms with Gasteiger partial charge in [0.15, 0.2) is 0 Å². The van der Waals surface area contributed by atoms with Crippen molar-refractivity contribution in [2.45, 2.75) is 12.2 Å². The van der Waals surface area contributed by atoms with Gasteiger partial charge in [-0.2, -0.15) is 18.3 Å².